The predicted octanol–water partition coefficient (Wildman–Crippen LogP) is 1.23. The molecule has 1 aromatic carbocycles. The number of benzene rings is 1. The van der Waals surface area contributed by atoms with Crippen LogP contribution in [0.1, 0.15) is 18.4 Å². The first-order chi connectivity index (χ1) is 9.61. The highest BCUT2D eigenvalue weighted by Crippen LogP contribution is 2.29. The zero-order valence-electron chi connectivity index (χ0n) is 11.1. The van der Waals surface area contributed by atoms with E-state index in [0.29, 0.717) is 26.1 Å². The molecule has 1 aromatic rings. The molecule has 3 rings (SSSR count). The average molecular weight is 281 g/mol. The number of carbonyl (C=O) groups is 1. The minimum atomic E-state index is -0.866. The summed E-state index contributed by atoms with van der Waals surface area (Å²) in [5.41, 5.74) is 5.81. The fourth-order valence-electron chi connectivity index (χ4n) is 3.06. The lowest BCUT2D eigenvalue weighted by Crippen LogP contribution is -2.51. The monoisotopic (exact) mass is 281 g/mol. The van der Waals surface area contributed by atoms with E-state index in [1.165, 1.54) is 6.07 Å². The summed E-state index contributed by atoms with van der Waals surface area (Å²) in [5.74, 6) is -1.54. The quantitative estimate of drug-likeness (QED) is 0.887. The molecule has 2 aliphatic rings. The van der Waals surface area contributed by atoms with Gasteiger partial charge in [-0.25, -0.2) is 8.78 Å². The molecule has 2 saturated heterocycles. The van der Waals surface area contributed by atoms with E-state index in [9.17, 15) is 13.6 Å². The molecule has 0 aliphatic carbocycles. The van der Waals surface area contributed by atoms with Crippen molar-refractivity contribution in [1.29, 1.82) is 0 Å². The van der Waals surface area contributed by atoms with E-state index in [4.69, 9.17) is 5.73 Å². The molecule has 2 aliphatic heterocycles. The number of piperazine rings is 1. The normalized spacial score (nSPS) is 22.4. The summed E-state index contributed by atoms with van der Waals surface area (Å²) in [5, 5.41) is 0. The maximum atomic E-state index is 14.1. The van der Waals surface area contributed by atoms with Crippen molar-refractivity contribution >= 4 is 11.6 Å². The average Bonchev–Trinajstić information content (AvgIpc) is 2.83. The summed E-state index contributed by atoms with van der Waals surface area (Å²) in [6.07, 6.45) is 1.35. The van der Waals surface area contributed by atoms with Gasteiger partial charge in [-0.2, -0.15) is 0 Å². The Morgan fingerprint density at radius 2 is 2.05 bits per heavy atom. The van der Waals surface area contributed by atoms with E-state index in [0.717, 1.165) is 6.42 Å². The molecule has 6 heteroatoms. The Hall–Kier alpha value is -1.69. The van der Waals surface area contributed by atoms with Gasteiger partial charge in [0.05, 0.1) is 5.69 Å². The number of nitrogens with zero attached hydrogens (tertiary/aromatic N) is 2. The van der Waals surface area contributed by atoms with Crippen molar-refractivity contribution in [3.63, 3.8) is 0 Å². The van der Waals surface area contributed by atoms with Crippen LogP contribution in [-0.4, -0.2) is 36.5 Å². The molecule has 0 aromatic heterocycles. The van der Waals surface area contributed by atoms with Crippen molar-refractivity contribution in [2.45, 2.75) is 25.4 Å². The van der Waals surface area contributed by atoms with Gasteiger partial charge in [-0.15, -0.1) is 0 Å². The Balaban J connectivity index is 1.84. The van der Waals surface area contributed by atoms with Crippen LogP contribution in [0.4, 0.5) is 14.5 Å². The molecule has 0 bridgehead atoms. The van der Waals surface area contributed by atoms with Crippen LogP contribution in [0.2, 0.25) is 0 Å². The van der Waals surface area contributed by atoms with Gasteiger partial charge < -0.3 is 15.5 Å². The van der Waals surface area contributed by atoms with Gasteiger partial charge in [0, 0.05) is 44.2 Å². The van der Waals surface area contributed by atoms with Crippen LogP contribution in [0.5, 0.6) is 0 Å². The van der Waals surface area contributed by atoms with Gasteiger partial charge in [-0.3, -0.25) is 4.79 Å². The zero-order chi connectivity index (χ0) is 14.3. The predicted molar refractivity (Wildman–Crippen MR) is 71.2 cm³/mol. The number of hydrogen-bond donors (Lipinski definition) is 1. The Morgan fingerprint density at radius 1 is 1.25 bits per heavy atom. The smallest absolute Gasteiger partial charge is 0.223 e. The highest BCUT2D eigenvalue weighted by Gasteiger charge is 2.36. The van der Waals surface area contributed by atoms with E-state index in [-0.39, 0.29) is 29.7 Å². The molecule has 0 saturated carbocycles. The van der Waals surface area contributed by atoms with Crippen LogP contribution < -0.4 is 10.6 Å². The van der Waals surface area contributed by atoms with E-state index < -0.39 is 11.6 Å². The summed E-state index contributed by atoms with van der Waals surface area (Å²) in [6, 6.07) is 3.22. The number of halogens is 2. The van der Waals surface area contributed by atoms with Crippen molar-refractivity contribution in [2.24, 2.45) is 5.73 Å². The number of amides is 1. The summed E-state index contributed by atoms with van der Waals surface area (Å²) < 4.78 is 27.9. The number of carbonyl (C=O) groups excluding carboxylic acids is 1. The molecule has 108 valence electrons. The van der Waals surface area contributed by atoms with Gasteiger partial charge >= 0.3 is 0 Å². The van der Waals surface area contributed by atoms with Crippen molar-refractivity contribution in [2.75, 3.05) is 24.5 Å². The van der Waals surface area contributed by atoms with Crippen molar-refractivity contribution in [3.8, 4) is 0 Å². The molecule has 2 fully saturated rings. The molecule has 1 amide bonds. The van der Waals surface area contributed by atoms with Crippen LogP contribution in [0.3, 0.4) is 0 Å². The lowest BCUT2D eigenvalue weighted by molar-refractivity contribution is -0.129. The maximum absolute atomic E-state index is 14.1. The Labute approximate surface area is 116 Å². The SMILES string of the molecule is NCc1ccc(N2CCN3C(=O)CCC3C2)c(F)c1F. The van der Waals surface area contributed by atoms with Crippen molar-refractivity contribution < 1.29 is 13.6 Å². The highest BCUT2D eigenvalue weighted by atomic mass is 19.2. The second kappa shape index (κ2) is 5.01. The molecule has 20 heavy (non-hydrogen) atoms. The van der Waals surface area contributed by atoms with Gasteiger partial charge in [0.15, 0.2) is 11.6 Å². The molecule has 2 N–H and O–H groups in total. The molecule has 1 unspecified atom stereocenters. The minimum absolute atomic E-state index is 0.0199. The molecule has 0 radical (unpaired) electrons. The Morgan fingerprint density at radius 3 is 2.80 bits per heavy atom. The first kappa shape index (κ1) is 13.3. The van der Waals surface area contributed by atoms with Crippen LogP contribution >= 0.6 is 0 Å². The lowest BCUT2D eigenvalue weighted by atomic mass is 10.1. The summed E-state index contributed by atoms with van der Waals surface area (Å²) in [4.78, 5) is 15.3. The van der Waals surface area contributed by atoms with Gasteiger partial charge in [0.25, 0.3) is 0 Å². The van der Waals surface area contributed by atoms with Crippen LogP contribution in [0.15, 0.2) is 12.1 Å². The second-order valence-electron chi connectivity index (χ2n) is 5.30. The third-order valence-electron chi connectivity index (χ3n) is 4.20. The second-order valence-corrected chi connectivity index (χ2v) is 5.30. The molecular weight excluding hydrogens is 264 g/mol. The number of hydrogen-bond acceptors (Lipinski definition) is 3. The number of anilines is 1. The number of nitrogens with two attached hydrogens (primary N) is 1. The van der Waals surface area contributed by atoms with Crippen LogP contribution in [0.25, 0.3) is 0 Å². The maximum Gasteiger partial charge on any atom is 0.223 e. The minimum Gasteiger partial charge on any atom is -0.365 e. The van der Waals surface area contributed by atoms with Crippen LogP contribution in [0, 0.1) is 11.6 Å². The van der Waals surface area contributed by atoms with Gasteiger partial charge in [-0.1, -0.05) is 6.07 Å². The molecule has 1 atom stereocenters. The van der Waals surface area contributed by atoms with Gasteiger partial charge in [0.2, 0.25) is 5.91 Å². The van der Waals surface area contributed by atoms with Crippen molar-refractivity contribution in [1.82, 2.24) is 4.90 Å². The first-order valence-corrected chi connectivity index (χ1v) is 6.83. The van der Waals surface area contributed by atoms with Crippen LogP contribution in [-0.2, 0) is 11.3 Å². The molecule has 4 nitrogen and oxygen atoms in total. The van der Waals surface area contributed by atoms with E-state index in [1.54, 1.807) is 6.07 Å². The largest absolute Gasteiger partial charge is 0.365 e. The van der Waals surface area contributed by atoms with Gasteiger partial charge in [0.1, 0.15) is 0 Å². The fourth-order valence-corrected chi connectivity index (χ4v) is 3.06. The number of rotatable bonds is 2. The topological polar surface area (TPSA) is 49.6 Å². The lowest BCUT2D eigenvalue weighted by Gasteiger charge is -2.39. The Bertz CT molecular complexity index is 549. The molecule has 0 spiro atoms. The molecular formula is C14H17F2N3O. The van der Waals surface area contributed by atoms with E-state index >= 15 is 0 Å². The highest BCUT2D eigenvalue weighted by molar-refractivity contribution is 5.79. The summed E-state index contributed by atoms with van der Waals surface area (Å²) in [6.45, 7) is 1.64. The Kier molecular flexibility index (Phi) is 3.33. The summed E-state index contributed by atoms with van der Waals surface area (Å²) in [7, 11) is 0. The number of fused-ring (bicyclic) bond motifs is 1. The third-order valence-corrected chi connectivity index (χ3v) is 4.20. The first-order valence-electron chi connectivity index (χ1n) is 6.83. The standard InChI is InChI=1S/C14H17F2N3O/c15-13-9(7-17)1-3-11(14(13)16)18-5-6-19-10(8-18)2-4-12(19)20/h1,3,10H,2,4-8,17H2. The van der Waals surface area contributed by atoms with Crippen molar-refractivity contribution in [3.05, 3.63) is 29.3 Å². The fraction of sp³-hybridized carbons (Fsp3) is 0.500. The zero-order valence-corrected chi connectivity index (χ0v) is 11.1. The summed E-state index contributed by atoms with van der Waals surface area (Å²) >= 11 is 0. The van der Waals surface area contributed by atoms with E-state index in [2.05, 4.69) is 0 Å². The van der Waals surface area contributed by atoms with Gasteiger partial charge in [-0.05, 0) is 12.5 Å². The van der Waals surface area contributed by atoms with E-state index in [1.807, 2.05) is 9.80 Å². The third kappa shape index (κ3) is 2.04. The molecule has 2 heterocycles.